The van der Waals surface area contributed by atoms with Crippen LogP contribution in [0.3, 0.4) is 0 Å². The summed E-state index contributed by atoms with van der Waals surface area (Å²) in [5.41, 5.74) is 0.142. The Hall–Kier alpha value is -2.53. The van der Waals surface area contributed by atoms with Gasteiger partial charge in [-0.3, -0.25) is 9.29 Å². The van der Waals surface area contributed by atoms with E-state index >= 15 is 0 Å². The summed E-state index contributed by atoms with van der Waals surface area (Å²) in [6, 6.07) is 1.57. The zero-order valence-electron chi connectivity index (χ0n) is 13.1. The monoisotopic (exact) mass is 384 g/mol. The first-order valence-corrected chi connectivity index (χ1v) is 9.36. The number of hydrogen-bond acceptors (Lipinski definition) is 7. The highest BCUT2D eigenvalue weighted by atomic mass is 32.2. The van der Waals surface area contributed by atoms with Crippen molar-refractivity contribution in [1.29, 1.82) is 0 Å². The quantitative estimate of drug-likeness (QED) is 0.678. The fraction of sp³-hybridized carbons (Fsp3) is 0.214. The zero-order valence-corrected chi connectivity index (χ0v) is 14.8. The van der Waals surface area contributed by atoms with Gasteiger partial charge in [-0.05, 0) is 13.8 Å². The summed E-state index contributed by atoms with van der Waals surface area (Å²) in [5.74, 6) is -1.71. The molecule has 3 aromatic rings. The Kier molecular flexibility index (Phi) is 4.43. The molecule has 25 heavy (non-hydrogen) atoms. The van der Waals surface area contributed by atoms with Crippen molar-refractivity contribution in [1.82, 2.24) is 13.9 Å². The second-order valence-electron chi connectivity index (χ2n) is 5.11. The Bertz CT molecular complexity index is 1100. The van der Waals surface area contributed by atoms with Gasteiger partial charge in [-0.1, -0.05) is 12.2 Å². The van der Waals surface area contributed by atoms with Crippen molar-refractivity contribution in [2.75, 3.05) is 4.72 Å². The van der Waals surface area contributed by atoms with Crippen molar-refractivity contribution in [3.8, 4) is 0 Å². The molecule has 0 saturated heterocycles. The number of aromatic nitrogens is 3. The average Bonchev–Trinajstić information content (AvgIpc) is 3.12. The molecule has 3 rings (SSSR count). The number of anilines is 1. The number of nitrogens with one attached hydrogen (secondary N) is 1. The lowest BCUT2D eigenvalue weighted by atomic mass is 10.2. The third-order valence-corrected chi connectivity index (χ3v) is 5.48. The van der Waals surface area contributed by atoms with Crippen molar-refractivity contribution < 1.29 is 17.2 Å². The maximum atomic E-state index is 14.5. The maximum absolute atomic E-state index is 14.5. The lowest BCUT2D eigenvalue weighted by Crippen LogP contribution is -2.17. The van der Waals surface area contributed by atoms with Crippen LogP contribution in [0.25, 0.3) is 11.1 Å². The molecule has 0 aliphatic rings. The fourth-order valence-corrected chi connectivity index (χ4v) is 4.12. The molecule has 0 amide bonds. The summed E-state index contributed by atoms with van der Waals surface area (Å²) >= 11 is 0.811. The Morgan fingerprint density at radius 2 is 2.20 bits per heavy atom. The van der Waals surface area contributed by atoms with Crippen LogP contribution in [0.2, 0.25) is 0 Å². The highest BCUT2D eigenvalue weighted by Crippen LogP contribution is 2.26. The fourth-order valence-electron chi connectivity index (χ4n) is 2.38. The molecule has 1 aromatic carbocycles. The lowest BCUT2D eigenvalue weighted by Gasteiger charge is -2.09. The van der Waals surface area contributed by atoms with Gasteiger partial charge in [-0.15, -0.1) is 0 Å². The van der Waals surface area contributed by atoms with Crippen LogP contribution in [0.15, 0.2) is 44.7 Å². The summed E-state index contributed by atoms with van der Waals surface area (Å²) in [6.45, 7) is 3.52. The second kappa shape index (κ2) is 6.41. The minimum atomic E-state index is -4.24. The molecule has 132 valence electrons. The van der Waals surface area contributed by atoms with Crippen molar-refractivity contribution in [3.05, 3.63) is 47.0 Å². The van der Waals surface area contributed by atoms with E-state index in [0.29, 0.717) is 0 Å². The first-order valence-electron chi connectivity index (χ1n) is 7.10. The summed E-state index contributed by atoms with van der Waals surface area (Å²) in [6.07, 6.45) is 4.65. The number of rotatable bonds is 5. The van der Waals surface area contributed by atoms with Crippen molar-refractivity contribution >= 4 is 37.8 Å². The van der Waals surface area contributed by atoms with Gasteiger partial charge in [0.25, 0.3) is 10.0 Å². The summed E-state index contributed by atoms with van der Waals surface area (Å²) < 4.78 is 51.3. The molecule has 2 heterocycles. The molecule has 0 aliphatic heterocycles. The third kappa shape index (κ3) is 3.20. The number of halogens is 1. The number of oxazole rings is 1. The van der Waals surface area contributed by atoms with E-state index in [0.717, 1.165) is 23.7 Å². The standard InChI is InChI=1S/C14H13FN4O4S2/c1-3-4-8(2)19-10-5-9(15)12(6-11(10)23-14(19)20)25(21,22)18-13-16-7-17-24-13/h3-8H,1-2H3,(H,16,17,18). The minimum absolute atomic E-state index is 0.000208. The van der Waals surface area contributed by atoms with Crippen molar-refractivity contribution in [2.24, 2.45) is 0 Å². The summed E-state index contributed by atoms with van der Waals surface area (Å²) in [7, 11) is -4.24. The SMILES string of the molecule is CC=CC(C)n1c(=O)oc2cc(S(=O)(=O)Nc3ncns3)c(F)cc21. The van der Waals surface area contributed by atoms with Gasteiger partial charge in [-0.25, -0.2) is 22.6 Å². The van der Waals surface area contributed by atoms with Gasteiger partial charge in [-0.2, -0.15) is 4.37 Å². The van der Waals surface area contributed by atoms with Crippen LogP contribution in [0.1, 0.15) is 19.9 Å². The molecule has 0 radical (unpaired) electrons. The third-order valence-electron chi connectivity index (χ3n) is 3.42. The van der Waals surface area contributed by atoms with Gasteiger partial charge in [0, 0.05) is 23.7 Å². The number of fused-ring (bicyclic) bond motifs is 1. The van der Waals surface area contributed by atoms with E-state index in [1.807, 2.05) is 0 Å². The van der Waals surface area contributed by atoms with E-state index in [9.17, 15) is 17.6 Å². The predicted molar refractivity (Wildman–Crippen MR) is 90.7 cm³/mol. The van der Waals surface area contributed by atoms with Crippen LogP contribution in [-0.2, 0) is 10.0 Å². The molecule has 2 aromatic heterocycles. The molecule has 0 fully saturated rings. The smallest absolute Gasteiger partial charge is 0.408 e. The largest absolute Gasteiger partial charge is 0.420 e. The van der Waals surface area contributed by atoms with Gasteiger partial charge in [0.05, 0.1) is 11.6 Å². The first kappa shape index (κ1) is 17.3. The van der Waals surface area contributed by atoms with Gasteiger partial charge < -0.3 is 4.42 Å². The van der Waals surface area contributed by atoms with Gasteiger partial charge in [0.1, 0.15) is 17.0 Å². The number of benzene rings is 1. The van der Waals surface area contributed by atoms with E-state index in [2.05, 4.69) is 14.1 Å². The first-order chi connectivity index (χ1) is 11.8. The van der Waals surface area contributed by atoms with E-state index in [1.54, 1.807) is 26.0 Å². The molecular weight excluding hydrogens is 371 g/mol. The minimum Gasteiger partial charge on any atom is -0.408 e. The topological polar surface area (TPSA) is 107 Å². The molecule has 11 heteroatoms. The Balaban J connectivity index is 2.13. The van der Waals surface area contributed by atoms with Crippen LogP contribution in [-0.4, -0.2) is 22.3 Å². The lowest BCUT2D eigenvalue weighted by molar-refractivity contribution is 0.494. The second-order valence-corrected chi connectivity index (χ2v) is 7.54. The van der Waals surface area contributed by atoms with Crippen LogP contribution in [0, 0.1) is 5.82 Å². The van der Waals surface area contributed by atoms with Crippen LogP contribution >= 0.6 is 11.5 Å². The Labute approximate surface area is 145 Å². The molecule has 1 N–H and O–H groups in total. The molecule has 0 spiro atoms. The van der Waals surface area contributed by atoms with Gasteiger partial charge in [0.15, 0.2) is 5.58 Å². The Morgan fingerprint density at radius 3 is 2.84 bits per heavy atom. The summed E-state index contributed by atoms with van der Waals surface area (Å²) in [5, 5.41) is 0.000208. The molecule has 0 saturated carbocycles. The number of hydrogen-bond donors (Lipinski definition) is 1. The van der Waals surface area contributed by atoms with E-state index < -0.39 is 26.5 Å². The Morgan fingerprint density at radius 1 is 1.44 bits per heavy atom. The molecule has 8 nitrogen and oxygen atoms in total. The highest BCUT2D eigenvalue weighted by Gasteiger charge is 2.24. The molecule has 0 bridgehead atoms. The number of sulfonamides is 1. The molecule has 1 atom stereocenters. The summed E-state index contributed by atoms with van der Waals surface area (Å²) in [4.78, 5) is 15.1. The van der Waals surface area contributed by atoms with Crippen molar-refractivity contribution in [2.45, 2.75) is 24.8 Å². The van der Waals surface area contributed by atoms with Crippen LogP contribution in [0.4, 0.5) is 9.52 Å². The zero-order chi connectivity index (χ0) is 18.2. The van der Waals surface area contributed by atoms with E-state index in [4.69, 9.17) is 4.42 Å². The van der Waals surface area contributed by atoms with Crippen molar-refractivity contribution in [3.63, 3.8) is 0 Å². The molecular formula is C14H13FN4O4S2. The maximum Gasteiger partial charge on any atom is 0.420 e. The normalized spacial score (nSPS) is 13.6. The predicted octanol–water partition coefficient (Wildman–Crippen LogP) is 2.52. The average molecular weight is 384 g/mol. The number of allylic oxidation sites excluding steroid dienone is 2. The molecule has 0 aliphatic carbocycles. The number of nitrogens with zero attached hydrogens (tertiary/aromatic N) is 3. The highest BCUT2D eigenvalue weighted by molar-refractivity contribution is 7.93. The van der Waals surface area contributed by atoms with Gasteiger partial charge >= 0.3 is 5.76 Å². The van der Waals surface area contributed by atoms with Gasteiger partial charge in [0.2, 0.25) is 5.13 Å². The molecule has 1 unspecified atom stereocenters. The van der Waals surface area contributed by atoms with E-state index in [-0.39, 0.29) is 22.3 Å². The van der Waals surface area contributed by atoms with E-state index in [1.165, 1.54) is 10.9 Å². The van der Waals surface area contributed by atoms with Crippen LogP contribution < -0.4 is 10.5 Å². The van der Waals surface area contributed by atoms with Crippen LogP contribution in [0.5, 0.6) is 0 Å².